The highest BCUT2D eigenvalue weighted by Crippen LogP contribution is 2.51. The van der Waals surface area contributed by atoms with Gasteiger partial charge in [-0.2, -0.15) is 13.2 Å². The van der Waals surface area contributed by atoms with Crippen molar-refractivity contribution in [1.82, 2.24) is 15.0 Å². The van der Waals surface area contributed by atoms with Gasteiger partial charge >= 0.3 is 12.1 Å². The van der Waals surface area contributed by atoms with Crippen molar-refractivity contribution in [3.63, 3.8) is 0 Å². The van der Waals surface area contributed by atoms with Crippen molar-refractivity contribution in [3.8, 4) is 16.3 Å². The molecular weight excluding hydrogens is 521 g/mol. The van der Waals surface area contributed by atoms with E-state index in [1.165, 1.54) is 6.20 Å². The van der Waals surface area contributed by atoms with E-state index in [-0.39, 0.29) is 31.8 Å². The number of alkyl halides is 3. The molecule has 1 unspecified atom stereocenters. The van der Waals surface area contributed by atoms with Gasteiger partial charge in [-0.3, -0.25) is 4.79 Å². The molecule has 0 aliphatic heterocycles. The molecule has 1 aliphatic carbocycles. The number of thiazole rings is 1. The Balaban J connectivity index is 1.61. The lowest BCUT2D eigenvalue weighted by atomic mass is 9.73. The molecule has 8 nitrogen and oxygen atoms in total. The zero-order chi connectivity index (χ0) is 27.7. The molecule has 1 aliphatic rings. The minimum atomic E-state index is -4.98. The summed E-state index contributed by atoms with van der Waals surface area (Å²) >= 11 is 0.730. The van der Waals surface area contributed by atoms with Gasteiger partial charge in [0.2, 0.25) is 5.60 Å². The van der Waals surface area contributed by atoms with Crippen molar-refractivity contribution in [2.75, 3.05) is 5.32 Å². The molecule has 1 fully saturated rings. The van der Waals surface area contributed by atoms with Crippen LogP contribution in [-0.2, 0) is 10.4 Å². The number of halogens is 3. The van der Waals surface area contributed by atoms with Gasteiger partial charge in [-0.1, -0.05) is 0 Å². The number of anilines is 2. The number of hydrogen-bond acceptors (Lipinski definition) is 8. The summed E-state index contributed by atoms with van der Waals surface area (Å²) in [5, 5.41) is 22.9. The minimum absolute atomic E-state index is 0.0166. The van der Waals surface area contributed by atoms with Crippen molar-refractivity contribution >= 4 is 28.9 Å². The fraction of sp³-hybridized carbons (Fsp3) is 0.462. The SMILES string of the molecule is Cc1cc(Nc2cc(OC(C)C)ccn2)nc(-c2cnc(C(O)([C@H]3CC[C@H](C(=O)O)CC3)C(F)(F)F)s2)c1. The smallest absolute Gasteiger partial charge is 0.424 e. The van der Waals surface area contributed by atoms with Crippen molar-refractivity contribution in [2.24, 2.45) is 11.8 Å². The van der Waals surface area contributed by atoms with Crippen LogP contribution in [0.4, 0.5) is 24.8 Å². The van der Waals surface area contributed by atoms with Crippen LogP contribution < -0.4 is 10.1 Å². The van der Waals surface area contributed by atoms with E-state index in [9.17, 15) is 28.2 Å². The van der Waals surface area contributed by atoms with Gasteiger partial charge in [0.1, 0.15) is 22.4 Å². The number of aryl methyl sites for hydroxylation is 1. The number of ether oxygens (including phenoxy) is 1. The molecule has 1 saturated carbocycles. The van der Waals surface area contributed by atoms with Gasteiger partial charge in [0.15, 0.2) is 0 Å². The molecule has 3 aromatic heterocycles. The Morgan fingerprint density at radius 1 is 1.13 bits per heavy atom. The maximum Gasteiger partial charge on any atom is 0.424 e. The molecule has 38 heavy (non-hydrogen) atoms. The maximum atomic E-state index is 14.3. The Morgan fingerprint density at radius 2 is 1.84 bits per heavy atom. The van der Waals surface area contributed by atoms with Crippen LogP contribution in [0.2, 0.25) is 0 Å². The molecule has 3 N–H and O–H groups in total. The summed E-state index contributed by atoms with van der Waals surface area (Å²) in [6.45, 7) is 5.65. The third-order valence-corrected chi connectivity index (χ3v) is 7.66. The first kappa shape index (κ1) is 27.8. The highest BCUT2D eigenvalue weighted by molar-refractivity contribution is 7.15. The number of carboxylic acids is 1. The fourth-order valence-electron chi connectivity index (χ4n) is 4.67. The molecule has 1 atom stereocenters. The number of carbonyl (C=O) groups is 1. The molecule has 12 heteroatoms. The summed E-state index contributed by atoms with van der Waals surface area (Å²) in [6.07, 6.45) is -2.11. The molecule has 0 radical (unpaired) electrons. The molecule has 3 heterocycles. The number of carboxylic acid groups (broad SMARTS) is 1. The van der Waals surface area contributed by atoms with Crippen molar-refractivity contribution < 1.29 is 32.9 Å². The number of rotatable bonds is 8. The zero-order valence-corrected chi connectivity index (χ0v) is 21.9. The molecule has 0 amide bonds. The Hall–Kier alpha value is -3.25. The number of pyridine rings is 2. The third kappa shape index (κ3) is 5.91. The molecule has 204 valence electrons. The van der Waals surface area contributed by atoms with Crippen LogP contribution in [0.15, 0.2) is 36.7 Å². The molecule has 0 saturated heterocycles. The van der Waals surface area contributed by atoms with Crippen molar-refractivity contribution in [2.45, 2.75) is 64.3 Å². The van der Waals surface area contributed by atoms with E-state index < -0.39 is 34.6 Å². The standard InChI is InChI=1S/C26H29F3N4O4S/c1-14(2)37-18-8-9-30-21(12-18)33-22-11-15(3)10-19(32-22)20-13-31-24(38-20)25(36,26(27,28)29)17-6-4-16(5-7-17)23(34)35/h8-14,16-17,36H,4-7H2,1-3H3,(H,34,35)(H,30,32,33)/t16-,17-,25?. The van der Waals surface area contributed by atoms with Gasteiger partial charge in [0.25, 0.3) is 0 Å². The van der Waals surface area contributed by atoms with Crippen LogP contribution in [0.25, 0.3) is 10.6 Å². The van der Waals surface area contributed by atoms with E-state index in [0.29, 0.717) is 28.0 Å². The summed E-state index contributed by atoms with van der Waals surface area (Å²) in [4.78, 5) is 24.4. The van der Waals surface area contributed by atoms with E-state index in [2.05, 4.69) is 20.3 Å². The average molecular weight is 551 g/mol. The van der Waals surface area contributed by atoms with Crippen LogP contribution >= 0.6 is 11.3 Å². The van der Waals surface area contributed by atoms with Crippen molar-refractivity contribution in [1.29, 1.82) is 0 Å². The van der Waals surface area contributed by atoms with Gasteiger partial charge in [0.05, 0.1) is 22.6 Å². The Labute approximate surface area is 221 Å². The van der Waals surface area contributed by atoms with E-state index in [0.717, 1.165) is 16.9 Å². The molecule has 3 aromatic rings. The monoisotopic (exact) mass is 550 g/mol. The van der Waals surface area contributed by atoms with Crippen LogP contribution in [0, 0.1) is 18.8 Å². The lowest BCUT2D eigenvalue weighted by molar-refractivity contribution is -0.290. The van der Waals surface area contributed by atoms with E-state index in [4.69, 9.17) is 4.74 Å². The quantitative estimate of drug-likeness (QED) is 0.309. The summed E-state index contributed by atoms with van der Waals surface area (Å²) in [5.74, 6) is -1.37. The lowest BCUT2D eigenvalue weighted by Crippen LogP contribution is -2.49. The number of aromatic nitrogens is 3. The van der Waals surface area contributed by atoms with Gasteiger partial charge in [-0.15, -0.1) is 11.3 Å². The Bertz CT molecular complexity index is 1290. The van der Waals surface area contributed by atoms with Gasteiger partial charge in [0, 0.05) is 24.4 Å². The molecule has 0 spiro atoms. The first-order valence-electron chi connectivity index (χ1n) is 12.2. The van der Waals surface area contributed by atoms with Gasteiger partial charge < -0.3 is 20.3 Å². The first-order chi connectivity index (χ1) is 17.9. The Kier molecular flexibility index (Phi) is 7.93. The number of nitrogens with zero attached hydrogens (tertiary/aromatic N) is 3. The number of nitrogens with one attached hydrogen (secondary N) is 1. The van der Waals surface area contributed by atoms with Crippen LogP contribution in [-0.4, -0.2) is 43.4 Å². The van der Waals surface area contributed by atoms with Crippen molar-refractivity contribution in [3.05, 3.63) is 47.2 Å². The number of aliphatic hydroxyl groups is 1. The van der Waals surface area contributed by atoms with E-state index >= 15 is 0 Å². The van der Waals surface area contributed by atoms with Gasteiger partial charge in [-0.05, 0) is 70.2 Å². The second-order valence-electron chi connectivity index (χ2n) is 9.76. The summed E-state index contributed by atoms with van der Waals surface area (Å²) in [6, 6.07) is 6.95. The largest absolute Gasteiger partial charge is 0.491 e. The lowest BCUT2D eigenvalue weighted by Gasteiger charge is -2.39. The second-order valence-corrected chi connectivity index (χ2v) is 10.8. The van der Waals surface area contributed by atoms with E-state index in [1.807, 2.05) is 20.8 Å². The molecule has 0 bridgehead atoms. The normalized spacial score (nSPS) is 19.7. The fourth-order valence-corrected chi connectivity index (χ4v) is 5.73. The molecule has 0 aromatic carbocycles. The molecule has 4 rings (SSSR count). The Morgan fingerprint density at radius 3 is 2.47 bits per heavy atom. The van der Waals surface area contributed by atoms with Crippen LogP contribution in [0.1, 0.15) is 50.1 Å². The first-order valence-corrected chi connectivity index (χ1v) is 13.1. The van der Waals surface area contributed by atoms with Crippen LogP contribution in [0.5, 0.6) is 5.75 Å². The highest BCUT2D eigenvalue weighted by atomic mass is 32.1. The van der Waals surface area contributed by atoms with Gasteiger partial charge in [-0.25, -0.2) is 15.0 Å². The highest BCUT2D eigenvalue weighted by Gasteiger charge is 2.61. The van der Waals surface area contributed by atoms with Crippen LogP contribution in [0.3, 0.4) is 0 Å². The van der Waals surface area contributed by atoms with E-state index in [1.54, 1.807) is 30.5 Å². The average Bonchev–Trinajstić information content (AvgIpc) is 3.33. The third-order valence-electron chi connectivity index (χ3n) is 6.51. The summed E-state index contributed by atoms with van der Waals surface area (Å²) in [7, 11) is 0. The number of aliphatic carboxylic acids is 1. The summed E-state index contributed by atoms with van der Waals surface area (Å²) < 4.78 is 48.5. The zero-order valence-electron chi connectivity index (χ0n) is 21.1. The number of hydrogen-bond donors (Lipinski definition) is 3. The topological polar surface area (TPSA) is 117 Å². The molecular formula is C26H29F3N4O4S. The minimum Gasteiger partial charge on any atom is -0.491 e. The maximum absolute atomic E-state index is 14.3. The summed E-state index contributed by atoms with van der Waals surface area (Å²) in [5.41, 5.74) is -1.98. The second kappa shape index (κ2) is 10.9. The predicted molar refractivity (Wildman–Crippen MR) is 136 cm³/mol. The predicted octanol–water partition coefficient (Wildman–Crippen LogP) is 6.08.